The third-order valence-corrected chi connectivity index (χ3v) is 17.6. The largest absolute Gasteiger partial charge is 0.479 e. The molecule has 2 fully saturated rings. The third-order valence-electron chi connectivity index (χ3n) is 17.6. The van der Waals surface area contributed by atoms with Crippen molar-refractivity contribution in [3.8, 4) is 11.5 Å². The van der Waals surface area contributed by atoms with Gasteiger partial charge in [-0.3, -0.25) is 28.8 Å². The number of nitrogens with zero attached hydrogens (tertiary/aromatic N) is 7. The first-order valence-electron chi connectivity index (χ1n) is 37.5. The predicted molar refractivity (Wildman–Crippen MR) is 399 cm³/mol. The van der Waals surface area contributed by atoms with E-state index in [4.69, 9.17) is 53.1 Å². The number of aliphatic carboxylic acids is 1. The number of aromatic nitrogens is 4. The molecule has 41 heteroatoms. The number of aliphatic imine (C=N–C) groups is 1. The number of nitrogens with one attached hydrogen (secondary N) is 5. The smallest absolute Gasteiger partial charge is 0.407 e. The lowest BCUT2D eigenvalue weighted by molar-refractivity contribution is -0.271. The van der Waals surface area contributed by atoms with Crippen LogP contribution in [-0.4, -0.2) is 261 Å². The Labute approximate surface area is 662 Å². The average molecular weight is 1640 g/mol. The van der Waals surface area contributed by atoms with Gasteiger partial charge in [-0.1, -0.05) is 31.2 Å². The number of piperidine rings is 1. The van der Waals surface area contributed by atoms with Gasteiger partial charge in [-0.05, 0) is 73.7 Å². The fraction of sp³-hybridized carbons (Fsp3) is 0.520. The van der Waals surface area contributed by atoms with E-state index in [1.807, 2.05) is 23.6 Å². The number of anilines is 3. The summed E-state index contributed by atoms with van der Waals surface area (Å²) in [7, 11) is 0. The quantitative estimate of drug-likeness (QED) is 0.00662. The minimum absolute atomic E-state index is 0.00367. The van der Waals surface area contributed by atoms with Crippen LogP contribution in [0.15, 0.2) is 71.5 Å². The van der Waals surface area contributed by atoms with Crippen LogP contribution in [0, 0.1) is 35.0 Å². The van der Waals surface area contributed by atoms with E-state index in [9.17, 15) is 80.7 Å². The highest BCUT2D eigenvalue weighted by Gasteiger charge is 2.48. The molecule has 0 aliphatic carbocycles. The van der Waals surface area contributed by atoms with Crippen LogP contribution in [0.1, 0.15) is 92.4 Å². The number of amidine groups is 1. The van der Waals surface area contributed by atoms with E-state index < -0.39 is 108 Å². The van der Waals surface area contributed by atoms with Crippen molar-refractivity contribution in [2.45, 2.75) is 116 Å². The second-order valence-electron chi connectivity index (χ2n) is 26.3. The summed E-state index contributed by atoms with van der Waals surface area (Å²) in [6.07, 6.45) is -3.73. The lowest BCUT2D eigenvalue weighted by atomic mass is 9.96. The van der Waals surface area contributed by atoms with Crippen LogP contribution < -0.4 is 46.7 Å². The Hall–Kier alpha value is -10.5. The number of pyridine rings is 1. The Morgan fingerprint density at radius 2 is 1.28 bits per heavy atom. The van der Waals surface area contributed by atoms with E-state index in [0.29, 0.717) is 111 Å². The summed E-state index contributed by atoms with van der Waals surface area (Å²) in [4.78, 5) is 115. The Morgan fingerprint density at radius 1 is 0.655 bits per heavy atom. The number of fused-ring (bicyclic) bond motifs is 1. The summed E-state index contributed by atoms with van der Waals surface area (Å²) in [5.41, 5.74) is 9.47. The van der Waals surface area contributed by atoms with Crippen LogP contribution >= 0.6 is 0 Å². The lowest BCUT2D eigenvalue weighted by Crippen LogP contribution is -2.61. The summed E-state index contributed by atoms with van der Waals surface area (Å²) >= 11 is 0. The maximum absolute atomic E-state index is 13.7. The Kier molecular flexibility index (Phi) is 37.3. The first-order chi connectivity index (χ1) is 55.9. The number of carboxylic acid groups (broad SMARTS) is 1. The van der Waals surface area contributed by atoms with Crippen LogP contribution in [0.5, 0.6) is 11.5 Å². The molecule has 3 aromatic carbocycles. The number of halogens is 5. The normalized spacial score (nSPS) is 16.7. The zero-order valence-electron chi connectivity index (χ0n) is 63.9. The zero-order valence-corrected chi connectivity index (χ0v) is 63.9. The standard InChI is InChI=1S/C75H96F5N13O23/c1-3-19-92(20-4-2)72(102)49-38-47-6-7-48(39-52(47)87-55(81)40-49)71(101)86-50-8-10-56(85-41-50)91-21-12-46(13-22-91)70(100)83-17-18-84-75(105)113-43-45-5-9-54(114-74-67(99)65(97)66(98)69(116-74)73(103)104)53(37-45)88-58(95)11-16-82-57(94)14-24-107-27-28-108-29-30-109-31-32-110-33-34-111-35-36-112-44-51-42-93(90-89-51)23-26-106-25-15-59(96)115-68-63(79)61(77)60(76)62(78)64(68)80/h5-10,37-39,41-42,46,65-67,69,74,97-99H,3-4,11-36,40,43-44H2,1-2H3,(H2,81,87)(H,82,94)(H,83,100)(H,84,105)(H,86,101)(H,88,95)(H,103,104)/t65-,66?,67?,69-,74+/m0/s1. The molecule has 5 heterocycles. The molecule has 2 aromatic heterocycles. The van der Waals surface area contributed by atoms with Crippen molar-refractivity contribution in [3.63, 3.8) is 0 Å². The van der Waals surface area contributed by atoms with Crippen molar-refractivity contribution in [3.05, 3.63) is 118 Å². The number of carbonyl (C=O) groups is 8. The number of benzene rings is 3. The molecule has 634 valence electrons. The van der Waals surface area contributed by atoms with Gasteiger partial charge in [0.2, 0.25) is 64.8 Å². The summed E-state index contributed by atoms with van der Waals surface area (Å²) < 4.78 is 128. The van der Waals surface area contributed by atoms with Crippen LogP contribution in [0.4, 0.5) is 49.6 Å². The molecule has 36 nitrogen and oxygen atoms in total. The molecule has 2 unspecified atom stereocenters. The molecule has 6 amide bonds. The summed E-state index contributed by atoms with van der Waals surface area (Å²) in [6, 6.07) is 12.6. The first kappa shape index (κ1) is 91.1. The number of nitrogens with two attached hydrogens (primary N) is 1. The highest BCUT2D eigenvalue weighted by atomic mass is 19.2. The number of rotatable bonds is 48. The van der Waals surface area contributed by atoms with Crippen LogP contribution in [0.2, 0.25) is 0 Å². The number of carboxylic acids is 1. The highest BCUT2D eigenvalue weighted by Crippen LogP contribution is 2.34. The number of amides is 6. The number of hydrogen-bond acceptors (Lipinski definition) is 28. The first-order valence-corrected chi connectivity index (χ1v) is 37.5. The number of ether oxygens (including phenoxy) is 11. The fourth-order valence-electron chi connectivity index (χ4n) is 11.6. The number of aliphatic hydroxyl groups is 3. The maximum Gasteiger partial charge on any atom is 0.407 e. The van der Waals surface area contributed by atoms with E-state index in [-0.39, 0.29) is 153 Å². The van der Waals surface area contributed by atoms with Crippen molar-refractivity contribution in [1.29, 1.82) is 0 Å². The Bertz CT molecular complexity index is 4130. The molecule has 5 atom stereocenters. The zero-order chi connectivity index (χ0) is 83.5. The topological polar surface area (TPSA) is 468 Å². The molecule has 11 N–H and O–H groups in total. The number of hydrogen-bond donors (Lipinski definition) is 10. The van der Waals surface area contributed by atoms with Crippen molar-refractivity contribution in [2.75, 3.05) is 147 Å². The highest BCUT2D eigenvalue weighted by molar-refractivity contribution is 6.08. The minimum Gasteiger partial charge on any atom is -0.479 e. The third kappa shape index (κ3) is 28.8. The minimum atomic E-state index is -2.38. The summed E-state index contributed by atoms with van der Waals surface area (Å²) in [5.74, 6) is -17.4. The van der Waals surface area contributed by atoms with E-state index in [1.165, 1.54) is 22.9 Å². The number of alkyl carbamates (subject to hydrolysis) is 1. The molecule has 2 saturated heterocycles. The van der Waals surface area contributed by atoms with Crippen LogP contribution in [-0.2, 0) is 91.2 Å². The molecule has 0 saturated carbocycles. The number of carbonyl (C=O) groups excluding carboxylic acids is 7. The van der Waals surface area contributed by atoms with Gasteiger partial charge in [-0.2, -0.15) is 8.78 Å². The van der Waals surface area contributed by atoms with Crippen molar-refractivity contribution < 1.29 is 133 Å². The maximum atomic E-state index is 13.7. The Morgan fingerprint density at radius 3 is 1.93 bits per heavy atom. The van der Waals surface area contributed by atoms with Crippen molar-refractivity contribution in [1.82, 2.24) is 40.8 Å². The molecular weight excluding hydrogens is 1550 g/mol. The van der Waals surface area contributed by atoms with Crippen molar-refractivity contribution >= 4 is 82.4 Å². The lowest BCUT2D eigenvalue weighted by Gasteiger charge is -2.38. The Balaban J connectivity index is 0.638. The summed E-state index contributed by atoms with van der Waals surface area (Å²) in [6.45, 7) is 8.75. The molecule has 5 aromatic rings. The molecule has 0 spiro atoms. The van der Waals surface area contributed by atoms with Gasteiger partial charge in [0.05, 0.1) is 135 Å². The van der Waals surface area contributed by atoms with Gasteiger partial charge in [0.25, 0.3) is 5.91 Å². The molecule has 3 aliphatic rings. The van der Waals surface area contributed by atoms with Crippen LogP contribution in [0.25, 0.3) is 6.08 Å². The molecule has 8 rings (SSSR count). The van der Waals surface area contributed by atoms with Gasteiger partial charge >= 0.3 is 18.0 Å². The van der Waals surface area contributed by atoms with Gasteiger partial charge < -0.3 is 115 Å². The average Bonchev–Trinajstić information content (AvgIpc) is 1.07. The van der Waals surface area contributed by atoms with Gasteiger partial charge in [0.1, 0.15) is 48.0 Å². The van der Waals surface area contributed by atoms with Crippen LogP contribution in [0.3, 0.4) is 0 Å². The van der Waals surface area contributed by atoms with E-state index in [2.05, 4.69) is 51.6 Å². The van der Waals surface area contributed by atoms with Gasteiger partial charge in [0.15, 0.2) is 6.10 Å². The number of esters is 1. The molecule has 0 radical (unpaired) electrons. The van der Waals surface area contributed by atoms with Gasteiger partial charge in [-0.15, -0.1) is 5.10 Å². The number of aliphatic hydroxyl groups excluding tert-OH is 3. The van der Waals surface area contributed by atoms with Gasteiger partial charge in [0, 0.05) is 87.7 Å². The molecule has 3 aliphatic heterocycles. The van der Waals surface area contributed by atoms with E-state index >= 15 is 0 Å². The van der Waals surface area contributed by atoms with Crippen molar-refractivity contribution in [2.24, 2.45) is 16.6 Å². The monoisotopic (exact) mass is 1640 g/mol. The van der Waals surface area contributed by atoms with E-state index in [1.54, 1.807) is 48.8 Å². The SMILES string of the molecule is CCCN(CCC)C(=O)C1=Cc2ccc(C(=O)Nc3ccc(N4CCC(C(=O)NCCNC(=O)OCc5ccc(O[C@@H]6O[C@H](C(=O)O)C(O)[C@H](O)C6O)c(NC(=O)CCNC(=O)CCOCCOCCOCCOCCOCCOCc6cn(CCOCCC(=O)Oc7c(F)c(F)c(F)c(F)c7F)nn6)c5)CC4)nc3)cc2N=C(N)C1. The second-order valence-corrected chi connectivity index (χ2v) is 26.3. The fourth-order valence-corrected chi connectivity index (χ4v) is 11.6. The molecular formula is C75H96F5N13O23. The second kappa shape index (κ2) is 47.5. The molecule has 0 bridgehead atoms. The predicted octanol–water partition coefficient (Wildman–Crippen LogP) is 3.72. The summed E-state index contributed by atoms with van der Waals surface area (Å²) in [5, 5.41) is 62.3. The molecule has 116 heavy (non-hydrogen) atoms. The van der Waals surface area contributed by atoms with Gasteiger partial charge in [-0.25, -0.2) is 37.4 Å². The van der Waals surface area contributed by atoms with E-state index in [0.717, 1.165) is 12.8 Å².